The quantitative estimate of drug-likeness (QED) is 0.0501. The number of benzene rings is 4. The van der Waals surface area contributed by atoms with E-state index in [4.69, 9.17) is 18.9 Å². The molecule has 4 aromatic carbocycles. The number of aliphatic hydroxyl groups is 8. The first-order valence-corrected chi connectivity index (χ1v) is 24.0. The van der Waals surface area contributed by atoms with E-state index in [1.165, 1.54) is 0 Å². The van der Waals surface area contributed by atoms with Crippen molar-refractivity contribution in [2.45, 2.75) is 113 Å². The molecule has 3 aliphatic heterocycles. The number of aliphatic hydroxyl groups excluding tert-OH is 8. The Bertz CT molecular complexity index is 2180. The molecule has 380 valence electrons. The Balaban J connectivity index is 0.895. The second kappa shape index (κ2) is 24.9. The van der Waals surface area contributed by atoms with E-state index in [1.54, 1.807) is 48.5 Å². The van der Waals surface area contributed by atoms with Crippen LogP contribution in [0.4, 0.5) is 0 Å². The fourth-order valence-corrected chi connectivity index (χ4v) is 9.31. The van der Waals surface area contributed by atoms with Gasteiger partial charge in [-0.05, 0) is 109 Å². The smallest absolute Gasteiger partial charge is 0.307 e. The van der Waals surface area contributed by atoms with E-state index in [0.29, 0.717) is 44.9 Å². The molecule has 3 fully saturated rings. The van der Waals surface area contributed by atoms with Crippen LogP contribution in [0, 0.1) is 0 Å². The monoisotopic (exact) mass is 974 g/mol. The third kappa shape index (κ3) is 13.7. The van der Waals surface area contributed by atoms with Crippen molar-refractivity contribution in [3.63, 3.8) is 0 Å². The van der Waals surface area contributed by atoms with Crippen LogP contribution in [0.2, 0.25) is 0 Å². The van der Waals surface area contributed by atoms with Crippen molar-refractivity contribution in [3.05, 3.63) is 107 Å². The number of carboxylic acid groups (broad SMARTS) is 2. The minimum Gasteiger partial charge on any atom is -0.481 e. The molecule has 0 spiro atoms. The molecule has 3 heterocycles. The maximum absolute atomic E-state index is 11.5. The molecule has 0 aliphatic carbocycles. The molecule has 18 nitrogen and oxygen atoms in total. The minimum absolute atomic E-state index is 0.169. The molecular weight excluding hydrogens is 909 g/mol. The number of aliphatic carboxylic acids is 2. The van der Waals surface area contributed by atoms with Crippen LogP contribution < -0.4 is 9.47 Å². The molecule has 0 amide bonds. The summed E-state index contributed by atoms with van der Waals surface area (Å²) in [6, 6.07) is 25.5. The van der Waals surface area contributed by atoms with Crippen molar-refractivity contribution in [2.24, 2.45) is 0 Å². The molecule has 0 radical (unpaired) electrons. The Morgan fingerprint density at radius 2 is 0.900 bits per heavy atom. The lowest BCUT2D eigenvalue weighted by molar-refractivity contribution is -0.277. The zero-order valence-corrected chi connectivity index (χ0v) is 39.0. The Morgan fingerprint density at radius 1 is 0.500 bits per heavy atom. The number of aryl methyl sites for hydroxylation is 2. The molecule has 0 aromatic heterocycles. The topological polar surface area (TPSA) is 280 Å². The summed E-state index contributed by atoms with van der Waals surface area (Å²) in [6.07, 6.45) is -9.51. The van der Waals surface area contributed by atoms with E-state index < -0.39 is 86.6 Å². The van der Waals surface area contributed by atoms with Crippen molar-refractivity contribution in [3.8, 4) is 33.8 Å². The van der Waals surface area contributed by atoms with E-state index in [1.807, 2.05) is 36.4 Å². The molecule has 3 saturated heterocycles. The zero-order valence-electron chi connectivity index (χ0n) is 39.0. The van der Waals surface area contributed by atoms with Gasteiger partial charge < -0.3 is 79.8 Å². The lowest BCUT2D eigenvalue weighted by Crippen LogP contribution is -2.60. The first-order chi connectivity index (χ1) is 33.7. The molecular formula is C52H66N2O16. The van der Waals surface area contributed by atoms with Gasteiger partial charge in [0.25, 0.3) is 0 Å². The van der Waals surface area contributed by atoms with Crippen molar-refractivity contribution in [2.75, 3.05) is 52.5 Å². The van der Waals surface area contributed by atoms with E-state index in [0.717, 1.165) is 88.9 Å². The van der Waals surface area contributed by atoms with Gasteiger partial charge in [0.15, 0.2) is 0 Å². The second-order valence-corrected chi connectivity index (χ2v) is 18.4. The van der Waals surface area contributed by atoms with Crippen LogP contribution in [-0.2, 0) is 44.7 Å². The number of hydrogen-bond donors (Lipinski definition) is 10. The molecule has 70 heavy (non-hydrogen) atoms. The largest absolute Gasteiger partial charge is 0.481 e. The van der Waals surface area contributed by atoms with Gasteiger partial charge in [0.2, 0.25) is 12.6 Å². The Labute approximate surface area is 406 Å². The Kier molecular flexibility index (Phi) is 18.7. The predicted octanol–water partition coefficient (Wildman–Crippen LogP) is 1.60. The maximum Gasteiger partial charge on any atom is 0.307 e. The summed E-state index contributed by atoms with van der Waals surface area (Å²) >= 11 is 0. The number of ether oxygens (including phenoxy) is 4. The van der Waals surface area contributed by atoms with Crippen molar-refractivity contribution >= 4 is 11.9 Å². The maximum atomic E-state index is 11.5. The summed E-state index contributed by atoms with van der Waals surface area (Å²) in [4.78, 5) is 28.0. The number of carboxylic acids is 2. The van der Waals surface area contributed by atoms with Crippen LogP contribution in [0.1, 0.15) is 47.9 Å². The third-order valence-corrected chi connectivity index (χ3v) is 13.3. The van der Waals surface area contributed by atoms with Crippen LogP contribution in [0.3, 0.4) is 0 Å². The molecule has 10 atom stereocenters. The first-order valence-electron chi connectivity index (χ1n) is 24.0. The number of piperazine rings is 1. The normalized spacial score (nSPS) is 26.5. The van der Waals surface area contributed by atoms with Crippen molar-refractivity contribution in [1.29, 1.82) is 0 Å². The van der Waals surface area contributed by atoms with Gasteiger partial charge in [0, 0.05) is 37.3 Å². The zero-order chi connectivity index (χ0) is 49.9. The highest BCUT2D eigenvalue weighted by atomic mass is 16.7. The van der Waals surface area contributed by atoms with Crippen LogP contribution in [-0.4, -0.2) is 187 Å². The number of unbranched alkanes of at least 4 members (excludes halogenated alkanes) is 2. The van der Waals surface area contributed by atoms with Gasteiger partial charge in [0.05, 0.1) is 26.1 Å². The Hall–Kier alpha value is -5.06. The van der Waals surface area contributed by atoms with Gasteiger partial charge in [-0.15, -0.1) is 0 Å². The van der Waals surface area contributed by atoms with E-state index >= 15 is 0 Å². The number of rotatable bonds is 22. The lowest BCUT2D eigenvalue weighted by atomic mass is 9.96. The van der Waals surface area contributed by atoms with Crippen molar-refractivity contribution in [1.82, 2.24) is 9.80 Å². The standard InChI is InChI=1S/C52H66N2O16/c55-29-41-45(61)47(63)49(65)51(69-41)67-39-15-13-31(25-37(39)35-11-5-9-33(23-35)27-43(57)58)7-1-3-17-53-19-21-54(22-20-53)18-4-2-8-32-14-16-40(68-52-50(66)48(64)46(62)42(30-56)70-52)38(26-32)36-12-6-10-34(24-36)28-44(59)60/h5-6,9-16,23-26,41-42,45-52,55-56,61-66H,1-4,7-8,17-22,27-30H2,(H,57,58)(H,59,60). The molecule has 10 unspecified atom stereocenters. The molecule has 0 bridgehead atoms. The summed E-state index contributed by atoms with van der Waals surface area (Å²) in [5.41, 5.74) is 5.92. The first kappa shape index (κ1) is 52.8. The highest BCUT2D eigenvalue weighted by Gasteiger charge is 2.46. The summed E-state index contributed by atoms with van der Waals surface area (Å²) in [6.45, 7) is 4.55. The van der Waals surface area contributed by atoms with Gasteiger partial charge in [-0.3, -0.25) is 9.59 Å². The number of nitrogens with zero attached hydrogens (tertiary/aromatic N) is 2. The predicted molar refractivity (Wildman–Crippen MR) is 254 cm³/mol. The molecule has 18 heteroatoms. The molecule has 4 aromatic rings. The fraction of sp³-hybridized carbons (Fsp3) is 0.500. The van der Waals surface area contributed by atoms with Gasteiger partial charge >= 0.3 is 11.9 Å². The molecule has 3 aliphatic rings. The summed E-state index contributed by atoms with van der Waals surface area (Å²) in [5.74, 6) is -1.29. The van der Waals surface area contributed by atoms with Crippen LogP contribution in [0.25, 0.3) is 22.3 Å². The number of hydrogen-bond acceptors (Lipinski definition) is 16. The van der Waals surface area contributed by atoms with Gasteiger partial charge in [-0.1, -0.05) is 60.7 Å². The summed E-state index contributed by atoms with van der Waals surface area (Å²) in [7, 11) is 0. The fourth-order valence-electron chi connectivity index (χ4n) is 9.31. The third-order valence-electron chi connectivity index (χ3n) is 13.3. The summed E-state index contributed by atoms with van der Waals surface area (Å²) < 4.78 is 23.4. The van der Waals surface area contributed by atoms with E-state index in [2.05, 4.69) is 9.80 Å². The minimum atomic E-state index is -1.61. The molecule has 10 N–H and O–H groups in total. The van der Waals surface area contributed by atoms with Crippen molar-refractivity contribution < 1.29 is 79.6 Å². The average molecular weight is 975 g/mol. The highest BCUT2D eigenvalue weighted by Crippen LogP contribution is 2.37. The average Bonchev–Trinajstić information content (AvgIpc) is 3.35. The second-order valence-electron chi connectivity index (χ2n) is 18.4. The highest BCUT2D eigenvalue weighted by molar-refractivity contribution is 5.76. The lowest BCUT2D eigenvalue weighted by Gasteiger charge is -2.39. The van der Waals surface area contributed by atoms with Gasteiger partial charge in [-0.25, -0.2) is 0 Å². The number of carbonyl (C=O) groups is 2. The summed E-state index contributed by atoms with van der Waals surface area (Å²) in [5, 5.41) is 101. The van der Waals surface area contributed by atoms with E-state index in [-0.39, 0.29) is 12.8 Å². The molecule has 7 rings (SSSR count). The van der Waals surface area contributed by atoms with Crippen LogP contribution in [0.15, 0.2) is 84.9 Å². The SMILES string of the molecule is O=C(O)Cc1cccc(-c2cc(CCCCN3CCN(CCCCc4ccc(OC5OC(CO)C(O)C(O)C5O)c(-c5cccc(CC(=O)O)c5)c4)CC3)ccc2OC2OC(CO)C(O)C(O)C2O)c1. The van der Waals surface area contributed by atoms with Gasteiger partial charge in [0.1, 0.15) is 60.3 Å². The van der Waals surface area contributed by atoms with Crippen LogP contribution >= 0.6 is 0 Å². The Morgan fingerprint density at radius 3 is 1.27 bits per heavy atom. The van der Waals surface area contributed by atoms with E-state index in [9.17, 15) is 60.7 Å². The van der Waals surface area contributed by atoms with Gasteiger partial charge in [-0.2, -0.15) is 0 Å². The van der Waals surface area contributed by atoms with Crippen LogP contribution in [0.5, 0.6) is 11.5 Å². The molecule has 0 saturated carbocycles.